The highest BCUT2D eigenvalue weighted by atomic mass is 35.5. The van der Waals surface area contributed by atoms with Crippen LogP contribution in [0.25, 0.3) is 10.9 Å². The summed E-state index contributed by atoms with van der Waals surface area (Å²) in [6.45, 7) is 3.13. The number of fused-ring (bicyclic) bond motifs is 1. The monoisotopic (exact) mass is 378 g/mol. The maximum Gasteiger partial charge on any atom is 0.251 e. The lowest BCUT2D eigenvalue weighted by molar-refractivity contribution is 0.0953. The second-order valence-corrected chi connectivity index (χ2v) is 6.57. The molecule has 0 saturated heterocycles. The van der Waals surface area contributed by atoms with Gasteiger partial charge in [-0.2, -0.15) is 5.26 Å². The first-order chi connectivity index (χ1) is 13.1. The fraction of sp³-hybridized carbons (Fsp3) is 0.190. The largest absolute Gasteiger partial charge is 0.379 e. The van der Waals surface area contributed by atoms with Crippen molar-refractivity contribution in [2.75, 3.05) is 11.9 Å². The number of nitrogens with one attached hydrogen (secondary N) is 2. The van der Waals surface area contributed by atoms with Crippen LogP contribution in [-0.4, -0.2) is 17.4 Å². The highest BCUT2D eigenvalue weighted by Crippen LogP contribution is 2.28. The van der Waals surface area contributed by atoms with Gasteiger partial charge < -0.3 is 10.6 Å². The molecule has 5 nitrogen and oxygen atoms in total. The number of nitrogens with zero attached hydrogens (tertiary/aromatic N) is 2. The summed E-state index contributed by atoms with van der Waals surface area (Å²) < 4.78 is 0. The minimum Gasteiger partial charge on any atom is -0.379 e. The van der Waals surface area contributed by atoms with Gasteiger partial charge >= 0.3 is 0 Å². The summed E-state index contributed by atoms with van der Waals surface area (Å²) in [5, 5.41) is 17.0. The van der Waals surface area contributed by atoms with Gasteiger partial charge in [0.2, 0.25) is 0 Å². The number of aromatic nitrogens is 1. The highest BCUT2D eigenvalue weighted by molar-refractivity contribution is 6.31. The summed E-state index contributed by atoms with van der Waals surface area (Å²) in [6, 6.07) is 15.0. The number of halogens is 1. The minimum absolute atomic E-state index is 0.0856. The van der Waals surface area contributed by atoms with Crippen molar-refractivity contribution in [2.45, 2.75) is 19.9 Å². The van der Waals surface area contributed by atoms with Gasteiger partial charge in [-0.3, -0.25) is 9.78 Å². The number of anilines is 1. The molecule has 136 valence electrons. The number of amides is 1. The maximum atomic E-state index is 12.1. The number of hydrogen-bond acceptors (Lipinski definition) is 4. The molecule has 1 aromatic heterocycles. The van der Waals surface area contributed by atoms with E-state index in [4.69, 9.17) is 11.6 Å². The normalized spacial score (nSPS) is 10.4. The second-order valence-electron chi connectivity index (χ2n) is 6.13. The quantitative estimate of drug-likeness (QED) is 0.661. The van der Waals surface area contributed by atoms with Crippen LogP contribution in [0, 0.1) is 11.3 Å². The molecule has 3 aromatic rings. The zero-order valence-electron chi connectivity index (χ0n) is 14.9. The maximum absolute atomic E-state index is 12.1. The molecule has 2 N–H and O–H groups in total. The second kappa shape index (κ2) is 8.52. The van der Waals surface area contributed by atoms with E-state index in [2.05, 4.69) is 21.7 Å². The van der Waals surface area contributed by atoms with Crippen LogP contribution in [0.2, 0.25) is 5.02 Å². The number of carbonyl (C=O) groups excluding carboxylic acids is 1. The molecule has 0 fully saturated rings. The average Bonchev–Trinajstić information content (AvgIpc) is 2.70. The van der Waals surface area contributed by atoms with Gasteiger partial charge in [0.25, 0.3) is 5.91 Å². The number of hydrogen-bond donors (Lipinski definition) is 2. The first kappa shape index (κ1) is 18.7. The van der Waals surface area contributed by atoms with Gasteiger partial charge in [-0.25, -0.2) is 0 Å². The third-order valence-corrected chi connectivity index (χ3v) is 4.38. The van der Waals surface area contributed by atoms with E-state index in [1.165, 1.54) is 0 Å². The molecule has 0 unspecified atom stereocenters. The molecule has 0 spiro atoms. The van der Waals surface area contributed by atoms with E-state index in [1.54, 1.807) is 24.4 Å². The van der Waals surface area contributed by atoms with E-state index in [1.807, 2.05) is 31.2 Å². The van der Waals surface area contributed by atoms with Gasteiger partial charge in [0, 0.05) is 35.3 Å². The number of pyridine rings is 1. The third kappa shape index (κ3) is 4.36. The lowest BCUT2D eigenvalue weighted by Crippen LogP contribution is -2.24. The molecule has 1 heterocycles. The van der Waals surface area contributed by atoms with Gasteiger partial charge in [0.1, 0.15) is 6.07 Å². The molecule has 0 atom stereocenters. The Labute approximate surface area is 163 Å². The Bertz CT molecular complexity index is 1030. The van der Waals surface area contributed by atoms with Crippen molar-refractivity contribution in [1.29, 1.82) is 5.26 Å². The van der Waals surface area contributed by atoms with Crippen LogP contribution < -0.4 is 10.6 Å². The van der Waals surface area contributed by atoms with Crippen molar-refractivity contribution in [3.63, 3.8) is 0 Å². The molecule has 1 amide bonds. The fourth-order valence-corrected chi connectivity index (χ4v) is 2.97. The smallest absolute Gasteiger partial charge is 0.251 e. The van der Waals surface area contributed by atoms with Gasteiger partial charge in [-0.05, 0) is 42.3 Å². The topological polar surface area (TPSA) is 77.8 Å². The number of benzene rings is 2. The van der Waals surface area contributed by atoms with Crippen LogP contribution in [0.3, 0.4) is 0 Å². The van der Waals surface area contributed by atoms with Crippen molar-refractivity contribution < 1.29 is 4.79 Å². The van der Waals surface area contributed by atoms with Crippen LogP contribution in [-0.2, 0) is 6.54 Å². The Kier molecular flexibility index (Phi) is 5.90. The van der Waals surface area contributed by atoms with Gasteiger partial charge in [-0.15, -0.1) is 0 Å². The Morgan fingerprint density at radius 3 is 2.89 bits per heavy atom. The van der Waals surface area contributed by atoms with Crippen molar-refractivity contribution in [3.05, 3.63) is 70.4 Å². The van der Waals surface area contributed by atoms with E-state index < -0.39 is 0 Å². The summed E-state index contributed by atoms with van der Waals surface area (Å²) in [6.07, 6.45) is 2.44. The summed E-state index contributed by atoms with van der Waals surface area (Å²) in [7, 11) is 0. The molecule has 6 heteroatoms. The molecule has 0 aliphatic heterocycles. The number of carbonyl (C=O) groups is 1. The van der Waals surface area contributed by atoms with Crippen LogP contribution in [0.5, 0.6) is 0 Å². The Hall–Kier alpha value is -3.10. The van der Waals surface area contributed by atoms with Gasteiger partial charge in [-0.1, -0.05) is 30.7 Å². The zero-order chi connectivity index (χ0) is 19.2. The molecule has 0 radical (unpaired) electrons. The number of rotatable bonds is 6. The molecule has 0 saturated carbocycles. The molecular weight excluding hydrogens is 360 g/mol. The Balaban J connectivity index is 1.86. The summed E-state index contributed by atoms with van der Waals surface area (Å²) in [5.41, 5.74) is 3.45. The molecule has 27 heavy (non-hydrogen) atoms. The Morgan fingerprint density at radius 1 is 1.26 bits per heavy atom. The molecule has 3 rings (SSSR count). The van der Waals surface area contributed by atoms with E-state index in [9.17, 15) is 10.1 Å². The minimum atomic E-state index is -0.0856. The highest BCUT2D eigenvalue weighted by Gasteiger charge is 2.10. The lowest BCUT2D eigenvalue weighted by Gasteiger charge is -2.12. The van der Waals surface area contributed by atoms with Crippen molar-refractivity contribution in [1.82, 2.24) is 10.3 Å². The predicted molar refractivity (Wildman–Crippen MR) is 108 cm³/mol. The summed E-state index contributed by atoms with van der Waals surface area (Å²) in [4.78, 5) is 16.4. The van der Waals surface area contributed by atoms with E-state index in [0.29, 0.717) is 34.9 Å². The van der Waals surface area contributed by atoms with Gasteiger partial charge in [0.15, 0.2) is 0 Å². The number of nitriles is 1. The first-order valence-corrected chi connectivity index (χ1v) is 9.09. The standard InChI is InChI=1S/C21H19ClN4O/c1-2-8-24-21(27)15-5-3-4-14(9-15)12-26-20-16(11-23)13-25-19-7-6-17(22)10-18(19)20/h3-7,9-10,13H,2,8,12H2,1H3,(H,24,27)(H,25,26). The van der Waals surface area contributed by atoms with Crippen LogP contribution in [0.1, 0.15) is 34.8 Å². The summed E-state index contributed by atoms with van der Waals surface area (Å²) in [5.74, 6) is -0.0856. The zero-order valence-corrected chi connectivity index (χ0v) is 15.7. The van der Waals surface area contributed by atoms with Crippen molar-refractivity contribution >= 4 is 34.1 Å². The van der Waals surface area contributed by atoms with E-state index in [-0.39, 0.29) is 5.91 Å². The van der Waals surface area contributed by atoms with Crippen molar-refractivity contribution in [2.24, 2.45) is 0 Å². The molecule has 0 aliphatic rings. The van der Waals surface area contributed by atoms with Crippen LogP contribution in [0.15, 0.2) is 48.7 Å². The van der Waals surface area contributed by atoms with Crippen LogP contribution in [0.4, 0.5) is 5.69 Å². The average molecular weight is 379 g/mol. The van der Waals surface area contributed by atoms with E-state index >= 15 is 0 Å². The van der Waals surface area contributed by atoms with E-state index in [0.717, 1.165) is 22.9 Å². The SMILES string of the molecule is CCCNC(=O)c1cccc(CNc2c(C#N)cnc3ccc(Cl)cc23)c1. The molecule has 0 bridgehead atoms. The van der Waals surface area contributed by atoms with Crippen molar-refractivity contribution in [3.8, 4) is 6.07 Å². The lowest BCUT2D eigenvalue weighted by atomic mass is 10.1. The fourth-order valence-electron chi connectivity index (χ4n) is 2.79. The molecular formula is C21H19ClN4O. The third-order valence-electron chi connectivity index (χ3n) is 4.14. The molecule has 0 aliphatic carbocycles. The first-order valence-electron chi connectivity index (χ1n) is 8.71. The molecule has 2 aromatic carbocycles. The van der Waals surface area contributed by atoms with Crippen LogP contribution >= 0.6 is 11.6 Å². The predicted octanol–water partition coefficient (Wildman–Crippen LogP) is 4.51. The Morgan fingerprint density at radius 2 is 2.11 bits per heavy atom. The van der Waals surface area contributed by atoms with Gasteiger partial charge in [0.05, 0.1) is 16.8 Å². The summed E-state index contributed by atoms with van der Waals surface area (Å²) >= 11 is 6.12.